The molecule has 17 heteroatoms. The largest absolute Gasteiger partial charge is 0.475 e. The maximum absolute atomic E-state index is 14.4. The van der Waals surface area contributed by atoms with E-state index in [0.717, 1.165) is 89.5 Å². The fourth-order valence-corrected chi connectivity index (χ4v) is 10.6. The number of nitrogens with one attached hydrogen (secondary N) is 3. The Hall–Kier alpha value is -5.70. The predicted molar refractivity (Wildman–Crippen MR) is 235 cm³/mol. The zero-order valence-electron chi connectivity index (χ0n) is 35.1. The molecule has 0 radical (unpaired) electrons. The second-order valence-electron chi connectivity index (χ2n) is 17.3. The summed E-state index contributed by atoms with van der Waals surface area (Å²) in [6.45, 7) is 5.87. The maximum Gasteiger partial charge on any atom is 0.264 e. The number of nitrogen functional groups attached to an aromatic ring is 1. The molecular formula is C46H51FN8O7S. The summed E-state index contributed by atoms with van der Waals surface area (Å²) >= 11 is 1.30. The molecule has 9 rings (SSSR count). The van der Waals surface area contributed by atoms with Crippen molar-refractivity contribution >= 4 is 73.4 Å². The first kappa shape index (κ1) is 42.6. The van der Waals surface area contributed by atoms with E-state index in [4.69, 9.17) is 15.2 Å². The molecule has 0 spiro atoms. The van der Waals surface area contributed by atoms with Gasteiger partial charge >= 0.3 is 0 Å². The van der Waals surface area contributed by atoms with Gasteiger partial charge in [0.15, 0.2) is 6.17 Å². The topological polar surface area (TPSA) is 198 Å². The van der Waals surface area contributed by atoms with Crippen molar-refractivity contribution in [3.8, 4) is 17.7 Å². The Balaban J connectivity index is 0.733. The number of piperidine rings is 2. The number of likely N-dealkylation sites (tertiary alicyclic amines) is 1. The Labute approximate surface area is 368 Å². The minimum absolute atomic E-state index is 0.0712. The van der Waals surface area contributed by atoms with Gasteiger partial charge in [-0.05, 0) is 93.1 Å². The third kappa shape index (κ3) is 8.68. The van der Waals surface area contributed by atoms with E-state index in [1.165, 1.54) is 11.5 Å². The van der Waals surface area contributed by atoms with Crippen LogP contribution in [0.2, 0.25) is 0 Å². The molecule has 5 N–H and O–H groups in total. The summed E-state index contributed by atoms with van der Waals surface area (Å²) in [7, 11) is 0. The summed E-state index contributed by atoms with van der Waals surface area (Å²) in [6.07, 6.45) is 7.20. The van der Waals surface area contributed by atoms with Crippen LogP contribution in [0.3, 0.4) is 0 Å². The lowest BCUT2D eigenvalue weighted by Gasteiger charge is -2.36. The van der Waals surface area contributed by atoms with Crippen molar-refractivity contribution in [2.75, 3.05) is 50.4 Å². The predicted octanol–water partition coefficient (Wildman–Crippen LogP) is 4.82. The fraction of sp³-hybridized carbons (Fsp3) is 0.500. The highest BCUT2D eigenvalue weighted by molar-refractivity contribution is 7.13. The number of alkyl halides is 1. The van der Waals surface area contributed by atoms with E-state index in [2.05, 4.69) is 42.0 Å². The van der Waals surface area contributed by atoms with Crippen LogP contribution in [0.5, 0.6) is 5.88 Å². The highest BCUT2D eigenvalue weighted by Gasteiger charge is 2.46. The molecule has 5 aliphatic rings. The van der Waals surface area contributed by atoms with Crippen LogP contribution in [0.4, 0.5) is 15.9 Å². The molecule has 3 saturated heterocycles. The number of benzene rings is 2. The molecule has 5 amide bonds. The minimum Gasteiger partial charge on any atom is -0.475 e. The Morgan fingerprint density at radius 3 is 2.57 bits per heavy atom. The molecule has 4 aromatic rings. The van der Waals surface area contributed by atoms with Gasteiger partial charge in [0.25, 0.3) is 17.7 Å². The lowest BCUT2D eigenvalue weighted by molar-refractivity contribution is -0.136. The van der Waals surface area contributed by atoms with Gasteiger partial charge in [-0.3, -0.25) is 34.2 Å². The Kier molecular flexibility index (Phi) is 12.3. The van der Waals surface area contributed by atoms with Gasteiger partial charge in [0.05, 0.1) is 40.1 Å². The summed E-state index contributed by atoms with van der Waals surface area (Å²) in [5, 5.41) is 10.7. The van der Waals surface area contributed by atoms with Crippen molar-refractivity contribution < 1.29 is 37.8 Å². The monoisotopic (exact) mass is 878 g/mol. The van der Waals surface area contributed by atoms with Crippen molar-refractivity contribution in [3.05, 3.63) is 53.2 Å². The zero-order valence-corrected chi connectivity index (χ0v) is 35.9. The van der Waals surface area contributed by atoms with Crippen molar-refractivity contribution in [3.63, 3.8) is 0 Å². The molecule has 6 heterocycles. The molecule has 1 aliphatic carbocycles. The first-order chi connectivity index (χ1) is 30.6. The van der Waals surface area contributed by atoms with E-state index in [0.29, 0.717) is 42.9 Å². The van der Waals surface area contributed by atoms with Crippen LogP contribution in [0.15, 0.2) is 36.5 Å². The number of nitrogens with zero attached hydrogens (tertiary/aromatic N) is 4. The number of hydrogen-bond acceptors (Lipinski definition) is 13. The van der Waals surface area contributed by atoms with Gasteiger partial charge in [-0.15, -0.1) is 0 Å². The van der Waals surface area contributed by atoms with Gasteiger partial charge in [0.1, 0.15) is 18.5 Å². The lowest BCUT2D eigenvalue weighted by Crippen LogP contribution is -2.54. The molecule has 63 heavy (non-hydrogen) atoms. The van der Waals surface area contributed by atoms with Crippen LogP contribution in [-0.4, -0.2) is 112 Å². The average Bonchev–Trinajstić information content (AvgIpc) is 3.88. The number of aromatic nitrogens is 2. The van der Waals surface area contributed by atoms with Crippen LogP contribution in [-0.2, 0) is 19.1 Å². The number of pyridine rings is 1. The Morgan fingerprint density at radius 2 is 1.79 bits per heavy atom. The summed E-state index contributed by atoms with van der Waals surface area (Å²) in [5.74, 6) is 5.58. The van der Waals surface area contributed by atoms with Crippen LogP contribution >= 0.6 is 11.5 Å². The number of anilines is 2. The Bertz CT molecular complexity index is 2520. The molecule has 4 fully saturated rings. The zero-order chi connectivity index (χ0) is 43.8. The third-order valence-electron chi connectivity index (χ3n) is 13.4. The smallest absolute Gasteiger partial charge is 0.264 e. The molecule has 15 nitrogen and oxygen atoms in total. The summed E-state index contributed by atoms with van der Waals surface area (Å²) in [6, 6.07) is 7.56. The Morgan fingerprint density at radius 1 is 0.984 bits per heavy atom. The van der Waals surface area contributed by atoms with E-state index in [1.807, 2.05) is 19.1 Å². The minimum atomic E-state index is -1.54. The first-order valence-electron chi connectivity index (χ1n) is 22.0. The average molecular weight is 879 g/mol. The second kappa shape index (κ2) is 18.2. The number of fused-ring (bicyclic) bond motifs is 3. The van der Waals surface area contributed by atoms with Crippen LogP contribution in [0.25, 0.3) is 20.9 Å². The van der Waals surface area contributed by atoms with E-state index in [9.17, 15) is 28.4 Å². The molecule has 1 saturated carbocycles. The molecule has 2 aromatic heterocycles. The van der Waals surface area contributed by atoms with Crippen LogP contribution < -0.4 is 26.4 Å². The van der Waals surface area contributed by atoms with Crippen molar-refractivity contribution in [2.24, 2.45) is 17.8 Å². The number of halogens is 1. The van der Waals surface area contributed by atoms with E-state index in [-0.39, 0.29) is 42.6 Å². The number of nitrogens with two attached hydrogens (primary N) is 1. The number of amides is 5. The van der Waals surface area contributed by atoms with Crippen molar-refractivity contribution in [1.82, 2.24) is 29.8 Å². The summed E-state index contributed by atoms with van der Waals surface area (Å²) in [5.41, 5.74) is 8.01. The van der Waals surface area contributed by atoms with Gasteiger partial charge < -0.3 is 30.7 Å². The van der Waals surface area contributed by atoms with Crippen molar-refractivity contribution in [2.45, 2.75) is 89.1 Å². The van der Waals surface area contributed by atoms with Gasteiger partial charge in [0, 0.05) is 72.5 Å². The van der Waals surface area contributed by atoms with Crippen LogP contribution in [0, 0.1) is 29.6 Å². The van der Waals surface area contributed by atoms with Crippen LogP contribution in [0.1, 0.15) is 91.0 Å². The van der Waals surface area contributed by atoms with Gasteiger partial charge in [-0.1, -0.05) is 24.8 Å². The van der Waals surface area contributed by atoms with Crippen molar-refractivity contribution in [1.29, 1.82) is 0 Å². The van der Waals surface area contributed by atoms with Gasteiger partial charge in [0.2, 0.25) is 17.7 Å². The molecule has 2 unspecified atom stereocenters. The molecule has 2 aromatic carbocycles. The molecule has 4 atom stereocenters. The van der Waals surface area contributed by atoms with E-state index in [1.54, 1.807) is 24.4 Å². The van der Waals surface area contributed by atoms with E-state index < -0.39 is 53.7 Å². The van der Waals surface area contributed by atoms with E-state index >= 15 is 0 Å². The number of hydrogen-bond donors (Lipinski definition) is 4. The summed E-state index contributed by atoms with van der Waals surface area (Å²) < 4.78 is 32.1. The second-order valence-corrected chi connectivity index (χ2v) is 18.1. The first-order valence-corrected chi connectivity index (χ1v) is 22.8. The number of rotatable bonds is 12. The van der Waals surface area contributed by atoms with Gasteiger partial charge in [-0.2, -0.15) is 4.37 Å². The number of imide groups is 2. The fourth-order valence-electron chi connectivity index (χ4n) is 9.84. The maximum atomic E-state index is 14.4. The van der Waals surface area contributed by atoms with Gasteiger partial charge in [-0.25, -0.2) is 9.37 Å². The highest BCUT2D eigenvalue weighted by atomic mass is 32.1. The third-order valence-corrected chi connectivity index (χ3v) is 14.2. The highest BCUT2D eigenvalue weighted by Crippen LogP contribution is 2.37. The normalized spacial score (nSPS) is 25.6. The molecule has 0 bridgehead atoms. The number of ether oxygens (including phenoxy) is 2. The number of carbonyl (C=O) groups excluding carboxylic acids is 5. The molecule has 330 valence electrons. The lowest BCUT2D eigenvalue weighted by atomic mass is 9.81. The molecule has 4 aliphatic heterocycles. The molecular weight excluding hydrogens is 828 g/mol. The summed E-state index contributed by atoms with van der Waals surface area (Å²) in [4.78, 5) is 70.8. The number of carbonyl (C=O) groups is 5. The standard InChI is InChI=1S/C46H51FN8O7S/c1-2-29-35(51-43(58)40(29)47)24-62-44-32-21-37-33(41(48)53-63-37)20-31(32)27(22-50-44)11-10-25-6-8-26(9-7-25)23-54-17-14-28(15-18-54)61-19-16-49-34-5-3-4-30-39(34)46(60)55(45(30)59)36-12-13-38(56)52-42(36)57/h3-5,20-22,25-26,28-29,35-36,40,49H,2,6-9,12-19,23-24H2,1H3,(H2,48,53)(H,51,58)(H,52,56,57)/t25?,26?,29-,35?,36?,40-/m0/s1. The quantitative estimate of drug-likeness (QED) is 0.0862. The SMILES string of the molecule is CC[C@H]1C(COc2ncc(C#CC3CCC(CN4CCC(OCCNc5cccc6c5C(=O)N(C5CCC(=O)NC5=O)C6=O)CC4)CC3)c3cc4c(N)nsc4cc23)NC(=O)[C@H]1F.